The molecule has 0 unspecified atom stereocenters. The summed E-state index contributed by atoms with van der Waals surface area (Å²) in [5, 5.41) is 8.80. The van der Waals surface area contributed by atoms with Gasteiger partial charge < -0.3 is 4.57 Å². The smallest absolute Gasteiger partial charge is 0.0991 e. The average Bonchev–Trinajstić information content (AvgIpc) is 2.96. The minimum atomic E-state index is 0.688. The molecule has 0 aliphatic carbocycles. The third kappa shape index (κ3) is 3.37. The highest BCUT2D eigenvalue weighted by molar-refractivity contribution is 5.33. The molecule has 3 nitrogen and oxygen atoms in total. The Balaban J connectivity index is 1.68. The lowest BCUT2D eigenvalue weighted by atomic mass is 10.1. The van der Waals surface area contributed by atoms with Gasteiger partial charge >= 0.3 is 0 Å². The van der Waals surface area contributed by atoms with Crippen LogP contribution in [0, 0.1) is 11.3 Å². The Labute approximate surface area is 124 Å². The Morgan fingerprint density at radius 2 is 1.71 bits per heavy atom. The van der Waals surface area contributed by atoms with Crippen LogP contribution in [-0.4, -0.2) is 9.55 Å². The highest BCUT2D eigenvalue weighted by Gasteiger charge is 2.02. The molecular formula is C18H15N3. The van der Waals surface area contributed by atoms with Crippen LogP contribution in [-0.2, 0) is 13.0 Å². The molecule has 0 aliphatic heterocycles. The first-order valence-corrected chi connectivity index (χ1v) is 6.87. The number of aromatic nitrogens is 2. The first-order chi connectivity index (χ1) is 10.3. The molecule has 3 heteroatoms. The number of benzene rings is 2. The van der Waals surface area contributed by atoms with E-state index >= 15 is 0 Å². The summed E-state index contributed by atoms with van der Waals surface area (Å²) < 4.78 is 2.09. The van der Waals surface area contributed by atoms with Crippen molar-refractivity contribution in [2.45, 2.75) is 13.0 Å². The molecule has 0 fully saturated rings. The van der Waals surface area contributed by atoms with Crippen LogP contribution in [0.25, 0.3) is 0 Å². The van der Waals surface area contributed by atoms with E-state index in [2.05, 4.69) is 33.9 Å². The van der Waals surface area contributed by atoms with Crippen LogP contribution in [0.1, 0.15) is 22.4 Å². The Bertz CT molecular complexity index is 749. The second-order valence-corrected chi connectivity index (χ2v) is 5.01. The summed E-state index contributed by atoms with van der Waals surface area (Å²) in [6, 6.07) is 20.1. The summed E-state index contributed by atoms with van der Waals surface area (Å²) in [5.41, 5.74) is 4.16. The van der Waals surface area contributed by atoms with Crippen LogP contribution in [0.2, 0.25) is 0 Å². The number of nitrogens with zero attached hydrogens (tertiary/aromatic N) is 3. The molecule has 0 atom stereocenters. The van der Waals surface area contributed by atoms with E-state index < -0.39 is 0 Å². The molecule has 0 saturated carbocycles. The monoisotopic (exact) mass is 273 g/mol. The summed E-state index contributed by atoms with van der Waals surface area (Å²) >= 11 is 0. The number of rotatable bonds is 4. The fourth-order valence-electron chi connectivity index (χ4n) is 2.28. The molecule has 3 rings (SSSR count). The zero-order chi connectivity index (χ0) is 14.5. The second kappa shape index (κ2) is 6.06. The van der Waals surface area contributed by atoms with E-state index in [1.807, 2.05) is 48.8 Å². The van der Waals surface area contributed by atoms with Crippen LogP contribution in [0.15, 0.2) is 67.1 Å². The zero-order valence-electron chi connectivity index (χ0n) is 11.6. The highest BCUT2D eigenvalue weighted by atomic mass is 15.0. The summed E-state index contributed by atoms with van der Waals surface area (Å²) in [5.74, 6) is 0. The fourth-order valence-corrected chi connectivity index (χ4v) is 2.28. The van der Waals surface area contributed by atoms with E-state index in [0.29, 0.717) is 5.56 Å². The van der Waals surface area contributed by atoms with E-state index in [1.165, 1.54) is 11.1 Å². The molecule has 0 N–H and O–H groups in total. The van der Waals surface area contributed by atoms with Crippen molar-refractivity contribution < 1.29 is 0 Å². The molecule has 102 valence electrons. The molecule has 0 spiro atoms. The average molecular weight is 273 g/mol. The lowest BCUT2D eigenvalue weighted by Gasteiger charge is -2.01. The van der Waals surface area contributed by atoms with Crippen molar-refractivity contribution in [2.24, 2.45) is 0 Å². The van der Waals surface area contributed by atoms with Gasteiger partial charge in [0.15, 0.2) is 0 Å². The predicted molar refractivity (Wildman–Crippen MR) is 81.7 cm³/mol. The van der Waals surface area contributed by atoms with Gasteiger partial charge in [-0.25, -0.2) is 4.98 Å². The third-order valence-corrected chi connectivity index (χ3v) is 3.36. The van der Waals surface area contributed by atoms with Crippen LogP contribution in [0.4, 0.5) is 0 Å². The first-order valence-electron chi connectivity index (χ1n) is 6.87. The van der Waals surface area contributed by atoms with E-state index in [4.69, 9.17) is 5.26 Å². The standard InChI is InChI=1S/C18H15N3/c19-11-16-8-6-15(7-9-16)10-18-13-21(14-20-18)12-17-4-2-1-3-5-17/h1-9,13-14H,10,12H2. The third-order valence-electron chi connectivity index (χ3n) is 3.36. The topological polar surface area (TPSA) is 41.6 Å². The Morgan fingerprint density at radius 3 is 2.43 bits per heavy atom. The van der Waals surface area contributed by atoms with E-state index in [0.717, 1.165) is 18.7 Å². The SMILES string of the molecule is N#Cc1ccc(Cc2cn(Cc3ccccc3)cn2)cc1. The van der Waals surface area contributed by atoms with E-state index in [1.54, 1.807) is 0 Å². The maximum absolute atomic E-state index is 8.80. The number of hydrogen-bond acceptors (Lipinski definition) is 2. The largest absolute Gasteiger partial charge is 0.333 e. The minimum Gasteiger partial charge on any atom is -0.333 e. The molecule has 1 aromatic heterocycles. The van der Waals surface area contributed by atoms with Gasteiger partial charge in [-0.2, -0.15) is 5.26 Å². The van der Waals surface area contributed by atoms with Gasteiger partial charge in [0.05, 0.1) is 23.7 Å². The van der Waals surface area contributed by atoms with Crippen molar-refractivity contribution in [3.63, 3.8) is 0 Å². The summed E-state index contributed by atoms with van der Waals surface area (Å²) in [6.45, 7) is 0.835. The molecule has 2 aromatic carbocycles. The van der Waals surface area contributed by atoms with Gasteiger partial charge in [0.1, 0.15) is 0 Å². The van der Waals surface area contributed by atoms with Crippen molar-refractivity contribution in [3.8, 4) is 6.07 Å². The van der Waals surface area contributed by atoms with Crippen molar-refractivity contribution in [1.82, 2.24) is 9.55 Å². The van der Waals surface area contributed by atoms with Crippen LogP contribution >= 0.6 is 0 Å². The lowest BCUT2D eigenvalue weighted by molar-refractivity contribution is 0.796. The van der Waals surface area contributed by atoms with Crippen LogP contribution in [0.5, 0.6) is 0 Å². The summed E-state index contributed by atoms with van der Waals surface area (Å²) in [7, 11) is 0. The summed E-state index contributed by atoms with van der Waals surface area (Å²) in [6.07, 6.45) is 4.73. The van der Waals surface area contributed by atoms with Gasteiger partial charge in [0.25, 0.3) is 0 Å². The van der Waals surface area contributed by atoms with Crippen molar-refractivity contribution >= 4 is 0 Å². The van der Waals surface area contributed by atoms with Gasteiger partial charge in [0, 0.05) is 19.2 Å². The molecule has 21 heavy (non-hydrogen) atoms. The molecule has 3 aromatic rings. The van der Waals surface area contributed by atoms with Gasteiger partial charge in [-0.05, 0) is 23.3 Å². The number of nitriles is 1. The Morgan fingerprint density at radius 1 is 0.952 bits per heavy atom. The Hall–Kier alpha value is -2.86. The second-order valence-electron chi connectivity index (χ2n) is 5.01. The van der Waals surface area contributed by atoms with Crippen molar-refractivity contribution in [1.29, 1.82) is 5.26 Å². The summed E-state index contributed by atoms with van der Waals surface area (Å²) in [4.78, 5) is 4.45. The number of imidazole rings is 1. The quantitative estimate of drug-likeness (QED) is 0.731. The zero-order valence-corrected chi connectivity index (χ0v) is 11.6. The van der Waals surface area contributed by atoms with E-state index in [9.17, 15) is 0 Å². The van der Waals surface area contributed by atoms with Gasteiger partial charge in [0.2, 0.25) is 0 Å². The molecular weight excluding hydrogens is 258 g/mol. The molecule has 0 saturated heterocycles. The Kier molecular flexibility index (Phi) is 3.79. The van der Waals surface area contributed by atoms with Gasteiger partial charge in [-0.15, -0.1) is 0 Å². The molecule has 1 heterocycles. The highest BCUT2D eigenvalue weighted by Crippen LogP contribution is 2.10. The maximum atomic E-state index is 8.80. The van der Waals surface area contributed by atoms with Crippen molar-refractivity contribution in [2.75, 3.05) is 0 Å². The van der Waals surface area contributed by atoms with E-state index in [-0.39, 0.29) is 0 Å². The van der Waals surface area contributed by atoms with Crippen LogP contribution < -0.4 is 0 Å². The van der Waals surface area contributed by atoms with Crippen molar-refractivity contribution in [3.05, 3.63) is 89.5 Å². The van der Waals surface area contributed by atoms with Crippen LogP contribution in [0.3, 0.4) is 0 Å². The lowest BCUT2D eigenvalue weighted by Crippen LogP contribution is -1.95. The van der Waals surface area contributed by atoms with Gasteiger partial charge in [-0.3, -0.25) is 0 Å². The molecule has 0 amide bonds. The van der Waals surface area contributed by atoms with Gasteiger partial charge in [-0.1, -0.05) is 42.5 Å². The normalized spacial score (nSPS) is 10.2. The first kappa shape index (κ1) is 13.1. The fraction of sp³-hybridized carbons (Fsp3) is 0.111. The molecule has 0 aliphatic rings. The molecule has 0 bridgehead atoms. The minimum absolute atomic E-state index is 0.688. The molecule has 0 radical (unpaired) electrons. The predicted octanol–water partition coefficient (Wildman–Crippen LogP) is 3.39. The maximum Gasteiger partial charge on any atom is 0.0991 e. The number of hydrogen-bond donors (Lipinski definition) is 0.